The Labute approximate surface area is 73.8 Å². The molecule has 6 nitrogen and oxygen atoms in total. The monoisotopic (exact) mass is 184 g/mol. The van der Waals surface area contributed by atoms with Crippen LogP contribution in [0.4, 0.5) is 4.79 Å². The Morgan fingerprint density at radius 3 is 2.62 bits per heavy atom. The van der Waals surface area contributed by atoms with Gasteiger partial charge in [0.25, 0.3) is 5.91 Å². The molecule has 6 heteroatoms. The van der Waals surface area contributed by atoms with Crippen molar-refractivity contribution in [2.75, 3.05) is 13.1 Å². The van der Waals surface area contributed by atoms with Gasteiger partial charge in [0.05, 0.1) is 0 Å². The van der Waals surface area contributed by atoms with Crippen molar-refractivity contribution in [1.29, 1.82) is 0 Å². The van der Waals surface area contributed by atoms with E-state index < -0.39 is 17.9 Å². The normalized spacial score (nSPS) is 16.3. The van der Waals surface area contributed by atoms with Gasteiger partial charge in [-0.1, -0.05) is 0 Å². The first-order valence-corrected chi connectivity index (χ1v) is 3.61. The second-order valence-corrected chi connectivity index (χ2v) is 2.39. The Morgan fingerprint density at radius 2 is 2.15 bits per heavy atom. The van der Waals surface area contributed by atoms with E-state index >= 15 is 0 Å². The van der Waals surface area contributed by atoms with Crippen molar-refractivity contribution in [3.8, 4) is 0 Å². The lowest BCUT2D eigenvalue weighted by atomic mass is 10.4. The third-order valence-electron chi connectivity index (χ3n) is 1.49. The third kappa shape index (κ3) is 2.29. The van der Waals surface area contributed by atoms with E-state index in [0.717, 1.165) is 11.0 Å². The minimum Gasteiger partial charge on any atom is -0.478 e. The molecule has 3 amide bonds. The highest BCUT2D eigenvalue weighted by Crippen LogP contribution is 1.97. The number of hydrogen-bond donors (Lipinski definition) is 2. The topological polar surface area (TPSA) is 86.7 Å². The third-order valence-corrected chi connectivity index (χ3v) is 1.49. The first-order chi connectivity index (χ1) is 6.11. The van der Waals surface area contributed by atoms with Crippen molar-refractivity contribution in [2.24, 2.45) is 0 Å². The van der Waals surface area contributed by atoms with Gasteiger partial charge in [-0.2, -0.15) is 0 Å². The predicted molar refractivity (Wildman–Crippen MR) is 41.9 cm³/mol. The number of carboxylic acids is 1. The van der Waals surface area contributed by atoms with Gasteiger partial charge in [-0.25, -0.2) is 9.59 Å². The van der Waals surface area contributed by atoms with E-state index in [1.165, 1.54) is 0 Å². The molecule has 0 aromatic heterocycles. The zero-order valence-corrected chi connectivity index (χ0v) is 6.69. The van der Waals surface area contributed by atoms with Crippen LogP contribution in [0.5, 0.6) is 0 Å². The molecule has 0 aromatic carbocycles. The molecule has 1 rings (SSSR count). The minimum absolute atomic E-state index is 0.279. The van der Waals surface area contributed by atoms with E-state index in [0.29, 0.717) is 12.6 Å². The Morgan fingerprint density at radius 1 is 1.46 bits per heavy atom. The number of rotatable bonds is 2. The average molecular weight is 184 g/mol. The molecule has 0 saturated carbocycles. The van der Waals surface area contributed by atoms with Crippen LogP contribution in [0.3, 0.4) is 0 Å². The fraction of sp³-hybridized carbons (Fsp3) is 0.286. The van der Waals surface area contributed by atoms with Crippen LogP contribution in [-0.2, 0) is 9.59 Å². The summed E-state index contributed by atoms with van der Waals surface area (Å²) in [6, 6.07) is -0.486. The molecule has 0 aliphatic carbocycles. The van der Waals surface area contributed by atoms with Gasteiger partial charge in [0.15, 0.2) is 0 Å². The Balaban J connectivity index is 2.57. The van der Waals surface area contributed by atoms with Crippen LogP contribution in [-0.4, -0.2) is 41.0 Å². The van der Waals surface area contributed by atoms with Crippen LogP contribution in [0.15, 0.2) is 12.2 Å². The van der Waals surface area contributed by atoms with Crippen LogP contribution in [0.1, 0.15) is 0 Å². The number of amides is 3. The highest BCUT2D eigenvalue weighted by molar-refractivity contribution is 6.03. The summed E-state index contributed by atoms with van der Waals surface area (Å²) in [7, 11) is 0. The molecule has 0 radical (unpaired) electrons. The fourth-order valence-electron chi connectivity index (χ4n) is 0.914. The summed E-state index contributed by atoms with van der Waals surface area (Å²) in [4.78, 5) is 32.9. The number of carboxylic acid groups (broad SMARTS) is 1. The van der Waals surface area contributed by atoms with Gasteiger partial charge in [0.2, 0.25) is 0 Å². The average Bonchev–Trinajstić information content (AvgIpc) is 2.47. The zero-order valence-electron chi connectivity index (χ0n) is 6.69. The predicted octanol–water partition coefficient (Wildman–Crippen LogP) is -0.821. The van der Waals surface area contributed by atoms with Gasteiger partial charge in [-0.05, 0) is 0 Å². The van der Waals surface area contributed by atoms with E-state index in [-0.39, 0.29) is 6.54 Å². The molecule has 0 bridgehead atoms. The number of nitrogens with zero attached hydrogens (tertiary/aromatic N) is 1. The smallest absolute Gasteiger partial charge is 0.328 e. The van der Waals surface area contributed by atoms with Crippen molar-refractivity contribution < 1.29 is 19.5 Å². The summed E-state index contributed by atoms with van der Waals surface area (Å²) in [6.07, 6.45) is 1.56. The number of aliphatic carboxylic acids is 1. The Kier molecular flexibility index (Phi) is 2.63. The van der Waals surface area contributed by atoms with E-state index in [9.17, 15) is 14.4 Å². The summed E-state index contributed by atoms with van der Waals surface area (Å²) in [6.45, 7) is 0.688. The van der Waals surface area contributed by atoms with Gasteiger partial charge in [-0.3, -0.25) is 9.69 Å². The van der Waals surface area contributed by atoms with Crippen LogP contribution in [0.25, 0.3) is 0 Å². The summed E-state index contributed by atoms with van der Waals surface area (Å²) in [5.74, 6) is -1.83. The lowest BCUT2D eigenvalue weighted by Gasteiger charge is -2.07. The van der Waals surface area contributed by atoms with E-state index in [2.05, 4.69) is 5.32 Å². The molecule has 0 aromatic rings. The molecule has 70 valence electrons. The number of nitrogens with one attached hydrogen (secondary N) is 1. The Hall–Kier alpha value is -1.85. The maximum Gasteiger partial charge on any atom is 0.328 e. The lowest BCUT2D eigenvalue weighted by Crippen LogP contribution is -2.32. The summed E-state index contributed by atoms with van der Waals surface area (Å²) in [5, 5.41) is 10.6. The number of carbonyl (C=O) groups excluding carboxylic acids is 2. The Bertz CT molecular complexity index is 284. The van der Waals surface area contributed by atoms with Gasteiger partial charge in [-0.15, -0.1) is 0 Å². The van der Waals surface area contributed by atoms with E-state index in [1.807, 2.05) is 0 Å². The first-order valence-electron chi connectivity index (χ1n) is 3.61. The van der Waals surface area contributed by atoms with Crippen LogP contribution < -0.4 is 5.32 Å². The van der Waals surface area contributed by atoms with E-state index in [4.69, 9.17) is 5.11 Å². The maximum absolute atomic E-state index is 11.1. The van der Waals surface area contributed by atoms with Crippen LogP contribution >= 0.6 is 0 Å². The molecular weight excluding hydrogens is 176 g/mol. The largest absolute Gasteiger partial charge is 0.478 e. The molecule has 1 heterocycles. The second kappa shape index (κ2) is 3.70. The highest BCUT2D eigenvalue weighted by Gasteiger charge is 2.24. The van der Waals surface area contributed by atoms with Crippen molar-refractivity contribution in [2.45, 2.75) is 0 Å². The standard InChI is InChI=1S/C7H8N2O4/c10-5(1-2-6(11)12)9-4-3-8-7(9)13/h1-2H,3-4H2,(H,8,13)(H,11,12)/b2-1-. The molecule has 1 aliphatic rings. The van der Waals surface area contributed by atoms with Gasteiger partial charge >= 0.3 is 12.0 Å². The molecule has 0 spiro atoms. The molecule has 1 fully saturated rings. The molecule has 1 aliphatic heterocycles. The lowest BCUT2D eigenvalue weighted by molar-refractivity contribution is -0.132. The second-order valence-electron chi connectivity index (χ2n) is 2.39. The van der Waals surface area contributed by atoms with Gasteiger partial charge < -0.3 is 10.4 Å². The van der Waals surface area contributed by atoms with Crippen LogP contribution in [0, 0.1) is 0 Å². The maximum atomic E-state index is 11.1. The van der Waals surface area contributed by atoms with E-state index in [1.54, 1.807) is 0 Å². The van der Waals surface area contributed by atoms with Crippen molar-refractivity contribution in [3.05, 3.63) is 12.2 Å². The molecule has 0 unspecified atom stereocenters. The summed E-state index contributed by atoms with van der Waals surface area (Å²) >= 11 is 0. The number of hydrogen-bond acceptors (Lipinski definition) is 3. The van der Waals surface area contributed by atoms with Crippen molar-refractivity contribution in [1.82, 2.24) is 10.2 Å². The summed E-state index contributed by atoms with van der Waals surface area (Å²) < 4.78 is 0. The number of urea groups is 1. The van der Waals surface area contributed by atoms with Gasteiger partial charge in [0, 0.05) is 25.2 Å². The van der Waals surface area contributed by atoms with Crippen molar-refractivity contribution >= 4 is 17.9 Å². The zero-order chi connectivity index (χ0) is 9.84. The highest BCUT2D eigenvalue weighted by atomic mass is 16.4. The van der Waals surface area contributed by atoms with Crippen molar-refractivity contribution in [3.63, 3.8) is 0 Å². The fourth-order valence-corrected chi connectivity index (χ4v) is 0.914. The molecule has 2 N–H and O–H groups in total. The number of imide groups is 1. The molecule has 0 atom stereocenters. The molecule has 1 saturated heterocycles. The van der Waals surface area contributed by atoms with Gasteiger partial charge in [0.1, 0.15) is 0 Å². The SMILES string of the molecule is O=C(O)/C=C\C(=O)N1CCNC1=O. The quantitative estimate of drug-likeness (QED) is 0.549. The van der Waals surface area contributed by atoms with Crippen LogP contribution in [0.2, 0.25) is 0 Å². The molecule has 13 heavy (non-hydrogen) atoms. The summed E-state index contributed by atoms with van der Waals surface area (Å²) in [5.41, 5.74) is 0. The number of carbonyl (C=O) groups is 3. The minimum atomic E-state index is -1.21. The molecular formula is C7H8N2O4. The first kappa shape index (κ1) is 9.24.